The van der Waals surface area contributed by atoms with E-state index in [2.05, 4.69) is 15.3 Å². The number of hydrogen-bond donors (Lipinski definition) is 2. The predicted octanol–water partition coefficient (Wildman–Crippen LogP) is 2.35. The highest BCUT2D eigenvalue weighted by molar-refractivity contribution is 5.75. The lowest BCUT2D eigenvalue weighted by Gasteiger charge is -2.28. The van der Waals surface area contributed by atoms with Crippen LogP contribution in [0.3, 0.4) is 0 Å². The van der Waals surface area contributed by atoms with Gasteiger partial charge in [-0.25, -0.2) is 4.98 Å². The van der Waals surface area contributed by atoms with Crippen molar-refractivity contribution >= 4 is 16.9 Å². The molecule has 0 saturated heterocycles. The summed E-state index contributed by atoms with van der Waals surface area (Å²) in [5.41, 5.74) is 1.78. The first-order valence-electron chi connectivity index (χ1n) is 6.49. The van der Waals surface area contributed by atoms with Crippen LogP contribution in [0.1, 0.15) is 25.7 Å². The van der Waals surface area contributed by atoms with Gasteiger partial charge >= 0.3 is 0 Å². The van der Waals surface area contributed by atoms with Crippen molar-refractivity contribution in [3.63, 3.8) is 0 Å². The SMILES string of the molecule is O[C@H]1CCCC[C@@H]1Nc1cnc2ccccc2n1. The molecule has 1 aliphatic carbocycles. The minimum atomic E-state index is -0.271. The van der Waals surface area contributed by atoms with Gasteiger partial charge in [0.2, 0.25) is 0 Å². The molecular weight excluding hydrogens is 226 g/mol. The monoisotopic (exact) mass is 243 g/mol. The van der Waals surface area contributed by atoms with Crippen LogP contribution in [0.15, 0.2) is 30.5 Å². The van der Waals surface area contributed by atoms with E-state index in [1.54, 1.807) is 6.20 Å². The zero-order valence-electron chi connectivity index (χ0n) is 10.2. The lowest BCUT2D eigenvalue weighted by molar-refractivity contribution is 0.116. The molecule has 0 bridgehead atoms. The molecule has 1 fully saturated rings. The summed E-state index contributed by atoms with van der Waals surface area (Å²) >= 11 is 0. The normalized spacial score (nSPS) is 24.1. The van der Waals surface area contributed by atoms with E-state index in [0.717, 1.165) is 42.5 Å². The van der Waals surface area contributed by atoms with Gasteiger partial charge in [0.15, 0.2) is 0 Å². The number of rotatable bonds is 2. The maximum atomic E-state index is 9.93. The lowest BCUT2D eigenvalue weighted by Crippen LogP contribution is -2.36. The van der Waals surface area contributed by atoms with Crippen LogP contribution in [0.4, 0.5) is 5.82 Å². The van der Waals surface area contributed by atoms with Crippen LogP contribution in [0.5, 0.6) is 0 Å². The Kier molecular flexibility index (Phi) is 3.11. The van der Waals surface area contributed by atoms with E-state index in [-0.39, 0.29) is 12.1 Å². The Morgan fingerprint density at radius 3 is 2.72 bits per heavy atom. The summed E-state index contributed by atoms with van der Waals surface area (Å²) in [6, 6.07) is 7.91. The summed E-state index contributed by atoms with van der Waals surface area (Å²) in [4.78, 5) is 8.88. The third-order valence-corrected chi connectivity index (χ3v) is 3.51. The molecular formula is C14H17N3O. The van der Waals surface area contributed by atoms with Crippen molar-refractivity contribution in [3.05, 3.63) is 30.5 Å². The van der Waals surface area contributed by atoms with Gasteiger partial charge in [-0.1, -0.05) is 25.0 Å². The van der Waals surface area contributed by atoms with Crippen molar-refractivity contribution in [2.45, 2.75) is 37.8 Å². The molecule has 2 N–H and O–H groups in total. The topological polar surface area (TPSA) is 58.0 Å². The second kappa shape index (κ2) is 4.90. The highest BCUT2D eigenvalue weighted by atomic mass is 16.3. The first-order chi connectivity index (χ1) is 8.83. The van der Waals surface area contributed by atoms with Gasteiger partial charge in [0.25, 0.3) is 0 Å². The van der Waals surface area contributed by atoms with Gasteiger partial charge in [-0.15, -0.1) is 0 Å². The molecule has 2 atom stereocenters. The fourth-order valence-electron chi connectivity index (χ4n) is 2.50. The molecule has 4 heteroatoms. The average molecular weight is 243 g/mol. The van der Waals surface area contributed by atoms with Crippen molar-refractivity contribution in [1.29, 1.82) is 0 Å². The van der Waals surface area contributed by atoms with Crippen molar-refractivity contribution in [1.82, 2.24) is 9.97 Å². The molecule has 0 aliphatic heterocycles. The van der Waals surface area contributed by atoms with Gasteiger partial charge in [0.1, 0.15) is 5.82 Å². The molecule has 0 amide bonds. The van der Waals surface area contributed by atoms with Gasteiger partial charge < -0.3 is 10.4 Å². The number of aliphatic hydroxyl groups is 1. The zero-order chi connectivity index (χ0) is 12.4. The second-order valence-corrected chi connectivity index (χ2v) is 4.85. The lowest BCUT2D eigenvalue weighted by atomic mass is 9.93. The number of benzene rings is 1. The minimum Gasteiger partial charge on any atom is -0.391 e. The average Bonchev–Trinajstić information content (AvgIpc) is 2.41. The number of fused-ring (bicyclic) bond motifs is 1. The van der Waals surface area contributed by atoms with Gasteiger partial charge in [0.05, 0.1) is 29.4 Å². The first-order valence-corrected chi connectivity index (χ1v) is 6.49. The molecule has 4 nitrogen and oxygen atoms in total. The Hall–Kier alpha value is -1.68. The predicted molar refractivity (Wildman–Crippen MR) is 71.4 cm³/mol. The molecule has 2 aromatic rings. The summed E-state index contributed by atoms with van der Waals surface area (Å²) in [6.07, 6.45) is 5.61. The summed E-state index contributed by atoms with van der Waals surface area (Å²) in [6.45, 7) is 0. The third kappa shape index (κ3) is 2.29. The largest absolute Gasteiger partial charge is 0.391 e. The molecule has 0 radical (unpaired) electrons. The van der Waals surface area contributed by atoms with E-state index >= 15 is 0 Å². The van der Waals surface area contributed by atoms with Crippen molar-refractivity contribution in [2.24, 2.45) is 0 Å². The standard InChI is InChI=1S/C14H17N3O/c18-13-8-4-3-7-12(13)17-14-9-15-10-5-1-2-6-11(10)16-14/h1-2,5-6,9,12-13,18H,3-4,7-8H2,(H,16,17)/t12-,13-/m0/s1. The van der Waals surface area contributed by atoms with Crippen LogP contribution >= 0.6 is 0 Å². The zero-order valence-corrected chi connectivity index (χ0v) is 10.2. The number of anilines is 1. The molecule has 1 saturated carbocycles. The van der Waals surface area contributed by atoms with E-state index in [9.17, 15) is 5.11 Å². The number of hydrogen-bond acceptors (Lipinski definition) is 4. The maximum absolute atomic E-state index is 9.93. The number of aliphatic hydroxyl groups excluding tert-OH is 1. The van der Waals surface area contributed by atoms with E-state index < -0.39 is 0 Å². The molecule has 3 rings (SSSR count). The summed E-state index contributed by atoms with van der Waals surface area (Å²) in [7, 11) is 0. The Labute approximate surface area is 106 Å². The van der Waals surface area contributed by atoms with Crippen LogP contribution in [-0.2, 0) is 0 Å². The maximum Gasteiger partial charge on any atom is 0.145 e. The number of nitrogens with zero attached hydrogens (tertiary/aromatic N) is 2. The molecule has 18 heavy (non-hydrogen) atoms. The quantitative estimate of drug-likeness (QED) is 0.850. The number of nitrogens with one attached hydrogen (secondary N) is 1. The van der Waals surface area contributed by atoms with Gasteiger partial charge in [-0.2, -0.15) is 0 Å². The van der Waals surface area contributed by atoms with E-state index in [1.165, 1.54) is 0 Å². The van der Waals surface area contributed by atoms with Crippen LogP contribution in [0, 0.1) is 0 Å². The van der Waals surface area contributed by atoms with Crippen LogP contribution < -0.4 is 5.32 Å². The fourth-order valence-corrected chi connectivity index (χ4v) is 2.50. The van der Waals surface area contributed by atoms with Crippen LogP contribution in [-0.4, -0.2) is 27.2 Å². The van der Waals surface area contributed by atoms with Gasteiger partial charge in [0, 0.05) is 0 Å². The fraction of sp³-hybridized carbons (Fsp3) is 0.429. The molecule has 0 spiro atoms. The number of aromatic nitrogens is 2. The van der Waals surface area contributed by atoms with Crippen molar-refractivity contribution in [3.8, 4) is 0 Å². The Balaban J connectivity index is 1.81. The number of para-hydroxylation sites is 2. The highest BCUT2D eigenvalue weighted by Crippen LogP contribution is 2.22. The highest BCUT2D eigenvalue weighted by Gasteiger charge is 2.23. The molecule has 1 heterocycles. The molecule has 1 aromatic carbocycles. The van der Waals surface area contributed by atoms with E-state index in [0.29, 0.717) is 0 Å². The van der Waals surface area contributed by atoms with Crippen molar-refractivity contribution < 1.29 is 5.11 Å². The van der Waals surface area contributed by atoms with Crippen LogP contribution in [0.25, 0.3) is 11.0 Å². The summed E-state index contributed by atoms with van der Waals surface area (Å²) in [5, 5.41) is 13.2. The van der Waals surface area contributed by atoms with Crippen LogP contribution in [0.2, 0.25) is 0 Å². The minimum absolute atomic E-state index is 0.106. The molecule has 1 aliphatic rings. The van der Waals surface area contributed by atoms with Gasteiger partial charge in [-0.3, -0.25) is 4.98 Å². The van der Waals surface area contributed by atoms with E-state index in [1.807, 2.05) is 24.3 Å². The Morgan fingerprint density at radius 2 is 1.89 bits per heavy atom. The third-order valence-electron chi connectivity index (χ3n) is 3.51. The van der Waals surface area contributed by atoms with E-state index in [4.69, 9.17) is 0 Å². The first kappa shape index (κ1) is 11.4. The molecule has 1 aromatic heterocycles. The summed E-state index contributed by atoms with van der Waals surface area (Å²) < 4.78 is 0. The van der Waals surface area contributed by atoms with Gasteiger partial charge in [-0.05, 0) is 25.0 Å². The smallest absolute Gasteiger partial charge is 0.145 e. The Morgan fingerprint density at radius 1 is 1.11 bits per heavy atom. The molecule has 94 valence electrons. The second-order valence-electron chi connectivity index (χ2n) is 4.85. The Bertz CT molecular complexity index is 543. The summed E-state index contributed by atoms with van der Waals surface area (Å²) in [5.74, 6) is 0.750. The van der Waals surface area contributed by atoms with Crippen molar-refractivity contribution in [2.75, 3.05) is 5.32 Å². The molecule has 0 unspecified atom stereocenters.